The highest BCUT2D eigenvalue weighted by Crippen LogP contribution is 2.43. The van der Waals surface area contributed by atoms with E-state index < -0.39 is 29.1 Å². The first-order chi connectivity index (χ1) is 7.15. The molecule has 5 atom stereocenters. The van der Waals surface area contributed by atoms with Crippen LogP contribution in [0.4, 0.5) is 0 Å². The number of hydrogen-bond acceptors (Lipinski definition) is 5. The predicted molar refractivity (Wildman–Crippen MR) is 59.9 cm³/mol. The van der Waals surface area contributed by atoms with Crippen LogP contribution in [-0.4, -0.2) is 51.5 Å². The Kier molecular flexibility index (Phi) is 3.40. The molecule has 1 rings (SSSR count). The highest BCUT2D eigenvalue weighted by Gasteiger charge is 2.62. The number of nitrogens with one attached hydrogen (secondary N) is 1. The molecule has 4 N–H and O–H groups in total. The van der Waals surface area contributed by atoms with E-state index in [-0.39, 0.29) is 0 Å². The van der Waals surface area contributed by atoms with E-state index in [1.165, 1.54) is 6.92 Å². The lowest BCUT2D eigenvalue weighted by Crippen LogP contribution is -2.77. The molecular weight excluding hydrogens is 210 g/mol. The monoisotopic (exact) mass is 233 g/mol. The maximum absolute atomic E-state index is 10.4. The van der Waals surface area contributed by atoms with Crippen LogP contribution in [0.25, 0.3) is 0 Å². The number of ether oxygens (including phenoxy) is 1. The van der Waals surface area contributed by atoms with Gasteiger partial charge in [0.1, 0.15) is 11.7 Å². The van der Waals surface area contributed by atoms with Gasteiger partial charge in [0.25, 0.3) is 0 Å². The molecular formula is C11H23NO4. The zero-order chi connectivity index (χ0) is 12.8. The standard InChI is InChI=1S/C11H23NO4/c1-6-9(2)11(4,15)7(13)10(3,12-5)8(14)16-9/h7-8,12-15H,6H2,1-5H3. The molecule has 0 amide bonds. The summed E-state index contributed by atoms with van der Waals surface area (Å²) in [6.07, 6.45) is -1.80. The number of aliphatic hydroxyl groups is 3. The molecule has 5 heteroatoms. The third kappa shape index (κ3) is 1.58. The quantitative estimate of drug-likeness (QED) is 0.521. The Balaban J connectivity index is 3.17. The molecule has 96 valence electrons. The topological polar surface area (TPSA) is 82.0 Å². The fraction of sp³-hybridized carbons (Fsp3) is 1.00. The molecule has 0 saturated carbocycles. The molecule has 0 aromatic heterocycles. The van der Waals surface area contributed by atoms with Crippen LogP contribution in [0.3, 0.4) is 0 Å². The van der Waals surface area contributed by atoms with Crippen LogP contribution in [0.5, 0.6) is 0 Å². The second-order valence-electron chi connectivity index (χ2n) is 5.14. The van der Waals surface area contributed by atoms with E-state index in [4.69, 9.17) is 4.74 Å². The summed E-state index contributed by atoms with van der Waals surface area (Å²) in [4.78, 5) is 0. The van der Waals surface area contributed by atoms with E-state index in [2.05, 4.69) is 5.32 Å². The second-order valence-corrected chi connectivity index (χ2v) is 5.14. The number of rotatable bonds is 2. The van der Waals surface area contributed by atoms with Crippen molar-refractivity contribution in [2.75, 3.05) is 7.05 Å². The zero-order valence-electron chi connectivity index (χ0n) is 10.6. The van der Waals surface area contributed by atoms with Crippen molar-refractivity contribution in [1.29, 1.82) is 0 Å². The number of aliphatic hydroxyl groups excluding tert-OH is 2. The molecule has 0 radical (unpaired) electrons. The summed E-state index contributed by atoms with van der Waals surface area (Å²) < 4.78 is 5.50. The Morgan fingerprint density at radius 1 is 1.25 bits per heavy atom. The van der Waals surface area contributed by atoms with Gasteiger partial charge in [-0.25, -0.2) is 0 Å². The molecule has 0 aromatic rings. The van der Waals surface area contributed by atoms with Crippen molar-refractivity contribution in [3.8, 4) is 0 Å². The van der Waals surface area contributed by atoms with Crippen LogP contribution >= 0.6 is 0 Å². The lowest BCUT2D eigenvalue weighted by Gasteiger charge is -2.57. The summed E-state index contributed by atoms with van der Waals surface area (Å²) in [5, 5.41) is 33.4. The molecule has 0 spiro atoms. The van der Waals surface area contributed by atoms with Crippen molar-refractivity contribution in [1.82, 2.24) is 5.32 Å². The Hall–Kier alpha value is -0.200. The van der Waals surface area contributed by atoms with Gasteiger partial charge in [0, 0.05) is 0 Å². The summed E-state index contributed by atoms with van der Waals surface area (Å²) >= 11 is 0. The van der Waals surface area contributed by atoms with Crippen molar-refractivity contribution in [3.63, 3.8) is 0 Å². The zero-order valence-corrected chi connectivity index (χ0v) is 10.6. The molecule has 0 bridgehead atoms. The fourth-order valence-electron chi connectivity index (χ4n) is 2.20. The minimum absolute atomic E-state index is 0.494. The molecule has 1 aliphatic rings. The molecule has 5 nitrogen and oxygen atoms in total. The maximum atomic E-state index is 10.4. The normalized spacial score (nSPS) is 54.0. The molecule has 1 saturated heterocycles. The molecule has 1 aliphatic heterocycles. The summed E-state index contributed by atoms with van der Waals surface area (Å²) in [5.74, 6) is 0. The highest BCUT2D eigenvalue weighted by atomic mass is 16.6. The van der Waals surface area contributed by atoms with Crippen LogP contribution in [-0.2, 0) is 4.74 Å². The number of hydrogen-bond donors (Lipinski definition) is 4. The highest BCUT2D eigenvalue weighted by molar-refractivity contribution is 5.13. The Labute approximate surface area is 96.4 Å². The van der Waals surface area contributed by atoms with Crippen molar-refractivity contribution in [2.24, 2.45) is 0 Å². The van der Waals surface area contributed by atoms with Gasteiger partial charge in [-0.15, -0.1) is 0 Å². The van der Waals surface area contributed by atoms with Crippen LogP contribution in [0.1, 0.15) is 34.1 Å². The summed E-state index contributed by atoms with van der Waals surface area (Å²) in [6.45, 7) is 6.68. The van der Waals surface area contributed by atoms with Crippen molar-refractivity contribution >= 4 is 0 Å². The van der Waals surface area contributed by atoms with E-state index in [9.17, 15) is 15.3 Å². The lowest BCUT2D eigenvalue weighted by atomic mass is 9.69. The molecule has 1 heterocycles. The third-order valence-electron chi connectivity index (χ3n) is 4.27. The molecule has 1 fully saturated rings. The van der Waals surface area contributed by atoms with Crippen molar-refractivity contribution in [2.45, 2.75) is 63.3 Å². The maximum Gasteiger partial charge on any atom is 0.176 e. The van der Waals surface area contributed by atoms with Crippen molar-refractivity contribution < 1.29 is 20.1 Å². The Bertz CT molecular complexity index is 267. The molecule has 0 aliphatic carbocycles. The Morgan fingerprint density at radius 3 is 2.12 bits per heavy atom. The third-order valence-corrected chi connectivity index (χ3v) is 4.27. The predicted octanol–water partition coefficient (Wildman–Crippen LogP) is -0.406. The van der Waals surface area contributed by atoms with E-state index >= 15 is 0 Å². The van der Waals surface area contributed by atoms with Gasteiger partial charge in [-0.3, -0.25) is 0 Å². The van der Waals surface area contributed by atoms with Gasteiger partial charge in [-0.05, 0) is 34.2 Å². The van der Waals surface area contributed by atoms with E-state index in [0.29, 0.717) is 6.42 Å². The van der Waals surface area contributed by atoms with Crippen LogP contribution < -0.4 is 5.32 Å². The smallest absolute Gasteiger partial charge is 0.176 e. The first-order valence-corrected chi connectivity index (χ1v) is 5.61. The molecule has 5 unspecified atom stereocenters. The minimum Gasteiger partial charge on any atom is -0.388 e. The number of likely N-dealkylation sites (N-methyl/N-ethyl adjacent to an activating group) is 1. The summed E-state index contributed by atoms with van der Waals surface area (Å²) in [7, 11) is 1.61. The van der Waals surface area contributed by atoms with E-state index in [1.807, 2.05) is 6.92 Å². The Morgan fingerprint density at radius 2 is 1.75 bits per heavy atom. The van der Waals surface area contributed by atoms with Gasteiger partial charge in [-0.1, -0.05) is 6.92 Å². The first-order valence-electron chi connectivity index (χ1n) is 5.61. The van der Waals surface area contributed by atoms with Crippen LogP contribution in [0.2, 0.25) is 0 Å². The van der Waals surface area contributed by atoms with Gasteiger partial charge < -0.3 is 25.4 Å². The van der Waals surface area contributed by atoms with E-state index in [1.54, 1.807) is 20.9 Å². The summed E-state index contributed by atoms with van der Waals surface area (Å²) in [6, 6.07) is 0. The molecule has 0 aromatic carbocycles. The van der Waals surface area contributed by atoms with E-state index in [0.717, 1.165) is 0 Å². The van der Waals surface area contributed by atoms with Gasteiger partial charge in [0.15, 0.2) is 6.29 Å². The average molecular weight is 233 g/mol. The van der Waals surface area contributed by atoms with Crippen LogP contribution in [0, 0.1) is 0 Å². The van der Waals surface area contributed by atoms with Crippen LogP contribution in [0.15, 0.2) is 0 Å². The first kappa shape index (κ1) is 13.9. The fourth-order valence-corrected chi connectivity index (χ4v) is 2.20. The largest absolute Gasteiger partial charge is 0.388 e. The SMILES string of the molecule is CCC1(C)OC(O)C(C)(NC)C(O)C1(C)O. The second kappa shape index (κ2) is 3.92. The van der Waals surface area contributed by atoms with Crippen molar-refractivity contribution in [3.05, 3.63) is 0 Å². The van der Waals surface area contributed by atoms with Gasteiger partial charge in [-0.2, -0.15) is 0 Å². The van der Waals surface area contributed by atoms with Gasteiger partial charge >= 0.3 is 0 Å². The lowest BCUT2D eigenvalue weighted by molar-refractivity contribution is -0.343. The molecule has 16 heavy (non-hydrogen) atoms. The average Bonchev–Trinajstić information content (AvgIpc) is 2.24. The van der Waals surface area contributed by atoms with Gasteiger partial charge in [0.05, 0.1) is 11.1 Å². The van der Waals surface area contributed by atoms with Gasteiger partial charge in [0.2, 0.25) is 0 Å². The summed E-state index contributed by atoms with van der Waals surface area (Å²) in [5.41, 5.74) is -3.49. The minimum atomic E-state index is -1.43.